The molecule has 0 heterocycles. The molecular weight excluding hydrogens is 206 g/mol. The summed E-state index contributed by atoms with van der Waals surface area (Å²) in [6, 6.07) is 0. The smallest absolute Gasteiger partial charge is 0.00489 e. The maximum absolute atomic E-state index is 3.57. The summed E-state index contributed by atoms with van der Waals surface area (Å²) in [4.78, 5) is 0. The van der Waals surface area contributed by atoms with Crippen molar-refractivity contribution >= 4 is 0 Å². The summed E-state index contributed by atoms with van der Waals surface area (Å²) in [5, 5.41) is 3.57. The van der Waals surface area contributed by atoms with Crippen molar-refractivity contribution in [3.8, 4) is 0 Å². The van der Waals surface area contributed by atoms with Gasteiger partial charge in [0.1, 0.15) is 0 Å². The molecule has 0 radical (unpaired) electrons. The molecule has 0 aliphatic rings. The van der Waals surface area contributed by atoms with Crippen LogP contribution in [0.4, 0.5) is 0 Å². The molecule has 1 heteroatoms. The topological polar surface area (TPSA) is 12.0 Å². The van der Waals surface area contributed by atoms with Gasteiger partial charge in [0.15, 0.2) is 0 Å². The maximum atomic E-state index is 3.57. The minimum Gasteiger partial charge on any atom is -0.317 e. The predicted octanol–water partition coefficient (Wildman–Crippen LogP) is 5.01. The van der Waals surface area contributed by atoms with Crippen LogP contribution in [0.25, 0.3) is 0 Å². The monoisotopic (exact) mass is 241 g/mol. The van der Waals surface area contributed by atoms with Crippen LogP contribution in [0.3, 0.4) is 0 Å². The van der Waals surface area contributed by atoms with Gasteiger partial charge >= 0.3 is 0 Å². The Morgan fingerprint density at radius 2 is 1.12 bits per heavy atom. The minimum absolute atomic E-state index is 0.922. The molecule has 0 aromatic rings. The zero-order valence-electron chi connectivity index (χ0n) is 12.7. The Labute approximate surface area is 110 Å². The minimum atomic E-state index is 0.922. The number of hydrogen-bond acceptors (Lipinski definition) is 1. The molecule has 2 unspecified atom stereocenters. The zero-order chi connectivity index (χ0) is 12.9. The first-order valence-corrected chi connectivity index (χ1v) is 7.91. The molecular formula is C16H35N. The Morgan fingerprint density at radius 3 is 1.47 bits per heavy atom. The fraction of sp³-hybridized carbons (Fsp3) is 1.00. The van der Waals surface area contributed by atoms with E-state index in [4.69, 9.17) is 0 Å². The van der Waals surface area contributed by atoms with Crippen LogP contribution in [-0.2, 0) is 0 Å². The third kappa shape index (κ3) is 12.2. The molecule has 0 fully saturated rings. The predicted molar refractivity (Wildman–Crippen MR) is 79.5 cm³/mol. The number of nitrogens with one attached hydrogen (secondary N) is 1. The van der Waals surface area contributed by atoms with Crippen molar-refractivity contribution in [1.29, 1.82) is 0 Å². The van der Waals surface area contributed by atoms with E-state index in [0.29, 0.717) is 0 Å². The van der Waals surface area contributed by atoms with Gasteiger partial charge in [0.05, 0.1) is 0 Å². The molecule has 0 aromatic heterocycles. The molecule has 104 valence electrons. The summed E-state index contributed by atoms with van der Waals surface area (Å²) in [7, 11) is 0. The van der Waals surface area contributed by atoms with E-state index >= 15 is 0 Å². The lowest BCUT2D eigenvalue weighted by atomic mass is 10.0. The van der Waals surface area contributed by atoms with Crippen molar-refractivity contribution < 1.29 is 0 Å². The van der Waals surface area contributed by atoms with Crippen LogP contribution in [-0.4, -0.2) is 13.1 Å². The van der Waals surface area contributed by atoms with Crippen LogP contribution >= 0.6 is 0 Å². The van der Waals surface area contributed by atoms with E-state index in [1.54, 1.807) is 0 Å². The van der Waals surface area contributed by atoms with E-state index in [-0.39, 0.29) is 0 Å². The highest BCUT2D eigenvalue weighted by Gasteiger charge is 1.99. The number of hydrogen-bond donors (Lipinski definition) is 1. The molecule has 0 aliphatic heterocycles. The van der Waals surface area contributed by atoms with E-state index in [1.165, 1.54) is 64.5 Å². The van der Waals surface area contributed by atoms with Gasteiger partial charge < -0.3 is 5.32 Å². The lowest BCUT2D eigenvalue weighted by molar-refractivity contribution is 0.462. The molecule has 0 aromatic carbocycles. The van der Waals surface area contributed by atoms with Crippen LogP contribution in [0.15, 0.2) is 0 Å². The molecule has 1 N–H and O–H groups in total. The standard InChI is InChI=1S/C16H35N/c1-5-15(3)11-7-9-13-17-14-10-8-12-16(4)6-2/h15-17H,5-14H2,1-4H3. The first-order chi connectivity index (χ1) is 8.20. The van der Waals surface area contributed by atoms with Crippen molar-refractivity contribution in [3.05, 3.63) is 0 Å². The normalized spacial score (nSPS) is 14.8. The Balaban J connectivity index is 3.04. The van der Waals surface area contributed by atoms with Crippen molar-refractivity contribution in [1.82, 2.24) is 5.32 Å². The Kier molecular flexibility index (Phi) is 12.4. The molecule has 0 bridgehead atoms. The highest BCUT2D eigenvalue weighted by molar-refractivity contribution is 4.55. The van der Waals surface area contributed by atoms with E-state index in [1.807, 2.05) is 0 Å². The Hall–Kier alpha value is -0.0400. The van der Waals surface area contributed by atoms with Crippen LogP contribution in [0.2, 0.25) is 0 Å². The first kappa shape index (κ1) is 17.0. The first-order valence-electron chi connectivity index (χ1n) is 7.91. The van der Waals surface area contributed by atoms with Gasteiger partial charge in [-0.15, -0.1) is 0 Å². The maximum Gasteiger partial charge on any atom is -0.00489 e. The summed E-state index contributed by atoms with van der Waals surface area (Å²) in [5.41, 5.74) is 0. The molecule has 0 amide bonds. The van der Waals surface area contributed by atoms with Gasteiger partial charge in [-0.1, -0.05) is 66.2 Å². The van der Waals surface area contributed by atoms with E-state index in [2.05, 4.69) is 33.0 Å². The van der Waals surface area contributed by atoms with Crippen molar-refractivity contribution in [2.45, 2.75) is 79.1 Å². The van der Waals surface area contributed by atoms with Crippen molar-refractivity contribution in [2.75, 3.05) is 13.1 Å². The molecule has 0 rings (SSSR count). The van der Waals surface area contributed by atoms with Crippen LogP contribution in [0.1, 0.15) is 79.1 Å². The van der Waals surface area contributed by atoms with Crippen LogP contribution < -0.4 is 5.32 Å². The van der Waals surface area contributed by atoms with Gasteiger partial charge in [0, 0.05) is 0 Å². The van der Waals surface area contributed by atoms with Crippen LogP contribution in [0.5, 0.6) is 0 Å². The van der Waals surface area contributed by atoms with Gasteiger partial charge in [0.25, 0.3) is 0 Å². The molecule has 0 spiro atoms. The Bertz CT molecular complexity index is 128. The quantitative estimate of drug-likeness (QED) is 0.474. The highest BCUT2D eigenvalue weighted by Crippen LogP contribution is 2.11. The van der Waals surface area contributed by atoms with Crippen molar-refractivity contribution in [3.63, 3.8) is 0 Å². The molecule has 0 aliphatic carbocycles. The zero-order valence-corrected chi connectivity index (χ0v) is 12.7. The van der Waals surface area contributed by atoms with Gasteiger partial charge in [-0.05, 0) is 37.8 Å². The molecule has 2 atom stereocenters. The van der Waals surface area contributed by atoms with E-state index in [9.17, 15) is 0 Å². The van der Waals surface area contributed by atoms with Gasteiger partial charge in [0.2, 0.25) is 0 Å². The summed E-state index contributed by atoms with van der Waals surface area (Å²) in [6.07, 6.45) is 11.0. The average molecular weight is 241 g/mol. The van der Waals surface area contributed by atoms with Crippen molar-refractivity contribution in [2.24, 2.45) is 11.8 Å². The second-order valence-electron chi connectivity index (χ2n) is 5.77. The third-order valence-electron chi connectivity index (χ3n) is 3.99. The Morgan fingerprint density at radius 1 is 0.706 bits per heavy atom. The molecule has 17 heavy (non-hydrogen) atoms. The second kappa shape index (κ2) is 12.4. The summed E-state index contributed by atoms with van der Waals surface area (Å²) >= 11 is 0. The van der Waals surface area contributed by atoms with Gasteiger partial charge in [-0.2, -0.15) is 0 Å². The third-order valence-corrected chi connectivity index (χ3v) is 3.99. The summed E-state index contributed by atoms with van der Waals surface area (Å²) < 4.78 is 0. The van der Waals surface area contributed by atoms with E-state index < -0.39 is 0 Å². The summed E-state index contributed by atoms with van der Waals surface area (Å²) in [6.45, 7) is 11.8. The molecule has 1 nitrogen and oxygen atoms in total. The fourth-order valence-corrected chi connectivity index (χ4v) is 2.02. The molecule has 0 saturated heterocycles. The lowest BCUT2D eigenvalue weighted by Gasteiger charge is -2.09. The molecule has 0 saturated carbocycles. The van der Waals surface area contributed by atoms with E-state index in [0.717, 1.165) is 11.8 Å². The summed E-state index contributed by atoms with van der Waals surface area (Å²) in [5.74, 6) is 1.84. The lowest BCUT2D eigenvalue weighted by Crippen LogP contribution is -2.17. The van der Waals surface area contributed by atoms with Crippen LogP contribution in [0, 0.1) is 11.8 Å². The SMILES string of the molecule is CCC(C)CCCCNCCCCC(C)CC. The fourth-order valence-electron chi connectivity index (χ4n) is 2.02. The number of rotatable bonds is 12. The largest absolute Gasteiger partial charge is 0.317 e. The van der Waals surface area contributed by atoms with Gasteiger partial charge in [-0.25, -0.2) is 0 Å². The highest BCUT2D eigenvalue weighted by atomic mass is 14.8. The van der Waals surface area contributed by atoms with Gasteiger partial charge in [-0.3, -0.25) is 0 Å². The number of unbranched alkanes of at least 4 members (excludes halogenated alkanes) is 2. The second-order valence-corrected chi connectivity index (χ2v) is 5.77. The average Bonchev–Trinajstić information content (AvgIpc) is 2.35.